The summed E-state index contributed by atoms with van der Waals surface area (Å²) in [7, 11) is 0. The van der Waals surface area contributed by atoms with Crippen LogP contribution in [-0.4, -0.2) is 41.1 Å². The summed E-state index contributed by atoms with van der Waals surface area (Å²) in [5.74, 6) is -2.07. The molecule has 1 fully saturated rings. The van der Waals surface area contributed by atoms with Crippen molar-refractivity contribution in [2.75, 3.05) is 11.9 Å². The Bertz CT molecular complexity index is 1050. The van der Waals surface area contributed by atoms with E-state index in [0.29, 0.717) is 12.2 Å². The van der Waals surface area contributed by atoms with Gasteiger partial charge in [-0.15, -0.1) is 0 Å². The van der Waals surface area contributed by atoms with Crippen LogP contribution in [0.15, 0.2) is 42.5 Å². The van der Waals surface area contributed by atoms with Gasteiger partial charge in [0.15, 0.2) is 0 Å². The largest absolute Gasteiger partial charge is 0.383 e. The number of imide groups is 2. The Morgan fingerprint density at radius 1 is 1.07 bits per heavy atom. The number of amides is 4. The maximum Gasteiger partial charge on any atom is 0.262 e. The van der Waals surface area contributed by atoms with Gasteiger partial charge in [0, 0.05) is 24.7 Å². The highest BCUT2D eigenvalue weighted by atomic mass is 16.2. The molecule has 0 bridgehead atoms. The number of carbonyl (C=O) groups is 4. The van der Waals surface area contributed by atoms with Crippen molar-refractivity contribution in [3.8, 4) is 0 Å². The number of fused-ring (bicyclic) bond motifs is 1. The van der Waals surface area contributed by atoms with Crippen molar-refractivity contribution in [2.24, 2.45) is 5.73 Å². The molecule has 2 heterocycles. The van der Waals surface area contributed by atoms with Gasteiger partial charge in [0.2, 0.25) is 11.8 Å². The molecule has 4 N–H and O–H groups in total. The summed E-state index contributed by atoms with van der Waals surface area (Å²) >= 11 is 0. The molecule has 0 radical (unpaired) electrons. The van der Waals surface area contributed by atoms with E-state index in [4.69, 9.17) is 5.73 Å². The minimum Gasteiger partial charge on any atom is -0.383 e. The maximum absolute atomic E-state index is 12.9. The summed E-state index contributed by atoms with van der Waals surface area (Å²) in [4.78, 5) is 50.0. The molecule has 0 aromatic heterocycles. The van der Waals surface area contributed by atoms with Crippen LogP contribution in [0, 0.1) is 6.92 Å². The van der Waals surface area contributed by atoms with Gasteiger partial charge in [0.25, 0.3) is 11.8 Å². The first-order valence-electron chi connectivity index (χ1n) is 9.77. The molecule has 4 rings (SSSR count). The second-order valence-corrected chi connectivity index (χ2v) is 7.61. The fourth-order valence-corrected chi connectivity index (χ4v) is 3.74. The molecule has 4 amide bonds. The smallest absolute Gasteiger partial charge is 0.262 e. The van der Waals surface area contributed by atoms with Gasteiger partial charge in [-0.1, -0.05) is 29.8 Å². The Kier molecular flexibility index (Phi) is 5.09. The number of hydrogen-bond acceptors (Lipinski definition) is 6. The lowest BCUT2D eigenvalue weighted by Crippen LogP contribution is -2.54. The molecule has 0 aliphatic carbocycles. The van der Waals surface area contributed by atoms with E-state index in [1.54, 1.807) is 18.2 Å². The number of benzene rings is 2. The van der Waals surface area contributed by atoms with Gasteiger partial charge in [0.1, 0.15) is 6.04 Å². The van der Waals surface area contributed by atoms with E-state index in [0.717, 1.165) is 16.0 Å². The lowest BCUT2D eigenvalue weighted by molar-refractivity contribution is -0.136. The zero-order valence-electron chi connectivity index (χ0n) is 16.5. The fraction of sp³-hybridized carbons (Fsp3) is 0.273. The molecule has 2 aromatic carbocycles. The van der Waals surface area contributed by atoms with Crippen LogP contribution >= 0.6 is 0 Å². The molecular formula is C22H22N4O4. The fourth-order valence-electron chi connectivity index (χ4n) is 3.74. The average molecular weight is 406 g/mol. The number of piperidine rings is 1. The number of anilines is 1. The molecule has 0 saturated carbocycles. The highest BCUT2D eigenvalue weighted by molar-refractivity contribution is 6.23. The van der Waals surface area contributed by atoms with Crippen LogP contribution in [0.5, 0.6) is 0 Å². The molecule has 8 nitrogen and oxygen atoms in total. The second kappa shape index (κ2) is 7.72. The summed E-state index contributed by atoms with van der Waals surface area (Å²) in [6, 6.07) is 11.6. The summed E-state index contributed by atoms with van der Waals surface area (Å²) < 4.78 is 0. The molecule has 30 heavy (non-hydrogen) atoms. The molecule has 2 aliphatic heterocycles. The Hall–Kier alpha value is -3.52. The molecule has 2 unspecified atom stereocenters. The molecule has 154 valence electrons. The Morgan fingerprint density at radius 2 is 1.77 bits per heavy atom. The second-order valence-electron chi connectivity index (χ2n) is 7.61. The summed E-state index contributed by atoms with van der Waals surface area (Å²) in [5, 5.41) is 5.39. The summed E-state index contributed by atoms with van der Waals surface area (Å²) in [6.45, 7) is 2.45. The Morgan fingerprint density at radius 3 is 2.47 bits per heavy atom. The topological polar surface area (TPSA) is 122 Å². The van der Waals surface area contributed by atoms with Crippen molar-refractivity contribution in [1.29, 1.82) is 0 Å². The molecule has 2 atom stereocenters. The van der Waals surface area contributed by atoms with Gasteiger partial charge in [-0.05, 0) is 37.1 Å². The highest BCUT2D eigenvalue weighted by Crippen LogP contribution is 2.29. The highest BCUT2D eigenvalue weighted by Gasteiger charge is 2.44. The molecule has 1 saturated heterocycles. The number of aryl methyl sites for hydroxylation is 1. The van der Waals surface area contributed by atoms with Crippen molar-refractivity contribution in [3.05, 3.63) is 64.7 Å². The molecule has 2 aromatic rings. The van der Waals surface area contributed by atoms with Gasteiger partial charge in [-0.3, -0.25) is 29.4 Å². The lowest BCUT2D eigenvalue weighted by Gasteiger charge is -2.27. The normalized spacial score (nSPS) is 19.5. The quantitative estimate of drug-likeness (QED) is 0.647. The molecule has 2 aliphatic rings. The van der Waals surface area contributed by atoms with E-state index >= 15 is 0 Å². The number of rotatable bonds is 5. The SMILES string of the molecule is Cc1ccc(C(N)CNc2ccc3c(c2)C(=O)N(C2CCC(=O)NC2=O)C3=O)cc1. The van der Waals surface area contributed by atoms with E-state index in [2.05, 4.69) is 10.6 Å². The molecular weight excluding hydrogens is 384 g/mol. The minimum atomic E-state index is -0.971. The first kappa shape index (κ1) is 19.8. The van der Waals surface area contributed by atoms with Gasteiger partial charge in [-0.25, -0.2) is 0 Å². The van der Waals surface area contributed by atoms with Crippen molar-refractivity contribution >= 4 is 29.3 Å². The standard InChI is InChI=1S/C22H22N4O4/c1-12-2-4-13(5-3-12)17(23)11-24-14-6-7-15-16(10-14)22(30)26(21(15)29)18-8-9-19(27)25-20(18)28/h2-7,10,17-18,24H,8-9,11,23H2,1H3,(H,25,27,28). The average Bonchev–Trinajstić information content (AvgIpc) is 2.97. The zero-order chi connectivity index (χ0) is 21.4. The number of carbonyl (C=O) groups excluding carboxylic acids is 4. The number of nitrogens with two attached hydrogens (primary N) is 1. The third-order valence-corrected chi connectivity index (χ3v) is 5.47. The van der Waals surface area contributed by atoms with E-state index in [-0.39, 0.29) is 30.0 Å². The third-order valence-electron chi connectivity index (χ3n) is 5.47. The van der Waals surface area contributed by atoms with E-state index in [9.17, 15) is 19.2 Å². The zero-order valence-corrected chi connectivity index (χ0v) is 16.5. The van der Waals surface area contributed by atoms with E-state index < -0.39 is 29.7 Å². The number of hydrogen-bond donors (Lipinski definition) is 3. The Labute approximate surface area is 173 Å². The van der Waals surface area contributed by atoms with Crippen molar-refractivity contribution < 1.29 is 19.2 Å². The first-order chi connectivity index (χ1) is 14.3. The van der Waals surface area contributed by atoms with Crippen molar-refractivity contribution in [1.82, 2.24) is 10.2 Å². The third kappa shape index (κ3) is 3.57. The first-order valence-corrected chi connectivity index (χ1v) is 9.77. The van der Waals surface area contributed by atoms with Gasteiger partial charge < -0.3 is 11.1 Å². The van der Waals surface area contributed by atoms with Crippen LogP contribution in [0.25, 0.3) is 0 Å². The van der Waals surface area contributed by atoms with Gasteiger partial charge >= 0.3 is 0 Å². The summed E-state index contributed by atoms with van der Waals surface area (Å²) in [6.07, 6.45) is 0.222. The molecule has 0 spiro atoms. The van der Waals surface area contributed by atoms with Crippen LogP contribution in [0.3, 0.4) is 0 Å². The predicted octanol–water partition coefficient (Wildman–Crippen LogP) is 1.51. The monoisotopic (exact) mass is 406 g/mol. The van der Waals surface area contributed by atoms with E-state index in [1.807, 2.05) is 31.2 Å². The minimum absolute atomic E-state index is 0.0908. The van der Waals surface area contributed by atoms with Gasteiger partial charge in [-0.2, -0.15) is 0 Å². The van der Waals surface area contributed by atoms with E-state index in [1.165, 1.54) is 0 Å². The van der Waals surface area contributed by atoms with Gasteiger partial charge in [0.05, 0.1) is 11.1 Å². The lowest BCUT2D eigenvalue weighted by atomic mass is 10.0. The predicted molar refractivity (Wildman–Crippen MR) is 110 cm³/mol. The van der Waals surface area contributed by atoms with Crippen molar-refractivity contribution in [3.63, 3.8) is 0 Å². The maximum atomic E-state index is 12.9. The molecule has 8 heteroatoms. The van der Waals surface area contributed by atoms with Crippen molar-refractivity contribution in [2.45, 2.75) is 31.8 Å². The van der Waals surface area contributed by atoms with Crippen LogP contribution < -0.4 is 16.4 Å². The number of nitrogens with zero attached hydrogens (tertiary/aromatic N) is 1. The number of nitrogens with one attached hydrogen (secondary N) is 2. The van der Waals surface area contributed by atoms with Crippen LogP contribution in [0.4, 0.5) is 5.69 Å². The Balaban J connectivity index is 1.48. The van der Waals surface area contributed by atoms with Crippen LogP contribution in [-0.2, 0) is 9.59 Å². The summed E-state index contributed by atoms with van der Waals surface area (Å²) in [5.41, 5.74) is 9.52. The van der Waals surface area contributed by atoms with Crippen LogP contribution in [0.2, 0.25) is 0 Å². The van der Waals surface area contributed by atoms with Crippen LogP contribution in [0.1, 0.15) is 50.7 Å².